The summed E-state index contributed by atoms with van der Waals surface area (Å²) in [5.41, 5.74) is 4.41. The van der Waals surface area contributed by atoms with E-state index < -0.39 is 5.41 Å². The lowest BCUT2D eigenvalue weighted by Crippen LogP contribution is -2.31. The van der Waals surface area contributed by atoms with Crippen LogP contribution >= 0.6 is 0 Å². The fourth-order valence-corrected chi connectivity index (χ4v) is 4.33. The third-order valence-electron chi connectivity index (χ3n) is 5.93. The van der Waals surface area contributed by atoms with Gasteiger partial charge in [-0.2, -0.15) is 5.26 Å². The highest BCUT2D eigenvalue weighted by Gasteiger charge is 2.39. The Kier molecular flexibility index (Phi) is 3.92. The van der Waals surface area contributed by atoms with Gasteiger partial charge in [0.1, 0.15) is 0 Å². The van der Waals surface area contributed by atoms with E-state index in [2.05, 4.69) is 35.3 Å². The average molecular weight is 342 g/mol. The number of hydrogen-bond donors (Lipinski definition) is 1. The molecule has 3 heteroatoms. The molecule has 0 aliphatic heterocycles. The Labute approximate surface area is 153 Å². The molecule has 0 unspecified atom stereocenters. The third-order valence-corrected chi connectivity index (χ3v) is 5.93. The van der Waals surface area contributed by atoms with Crippen molar-refractivity contribution in [2.24, 2.45) is 0 Å². The second kappa shape index (κ2) is 6.14. The number of nitrogens with one attached hydrogen (secondary N) is 1. The van der Waals surface area contributed by atoms with Gasteiger partial charge in [0.25, 0.3) is 5.56 Å². The summed E-state index contributed by atoms with van der Waals surface area (Å²) < 4.78 is 0. The minimum atomic E-state index is -0.632. The average Bonchev–Trinajstić information content (AvgIpc) is 2.67. The normalized spacial score (nSPS) is 18.7. The van der Waals surface area contributed by atoms with Gasteiger partial charge in [0, 0.05) is 17.0 Å². The quantitative estimate of drug-likeness (QED) is 0.731. The molecule has 1 aliphatic rings. The van der Waals surface area contributed by atoms with Gasteiger partial charge in [0.15, 0.2) is 0 Å². The summed E-state index contributed by atoms with van der Waals surface area (Å²) in [4.78, 5) is 15.0. The van der Waals surface area contributed by atoms with Gasteiger partial charge < -0.3 is 4.98 Å². The summed E-state index contributed by atoms with van der Waals surface area (Å²) in [5.74, 6) is 0.159. The number of hydrogen-bond acceptors (Lipinski definition) is 2. The molecule has 1 aliphatic carbocycles. The molecule has 2 atom stereocenters. The number of aromatic amines is 1. The van der Waals surface area contributed by atoms with Crippen molar-refractivity contribution in [3.63, 3.8) is 0 Å². The van der Waals surface area contributed by atoms with Crippen LogP contribution in [0.5, 0.6) is 0 Å². The van der Waals surface area contributed by atoms with E-state index in [0.29, 0.717) is 5.56 Å². The number of pyridine rings is 1. The van der Waals surface area contributed by atoms with Crippen molar-refractivity contribution < 1.29 is 0 Å². The van der Waals surface area contributed by atoms with Gasteiger partial charge in [0.05, 0.1) is 11.5 Å². The van der Waals surface area contributed by atoms with Crippen LogP contribution in [0.3, 0.4) is 0 Å². The Morgan fingerprint density at radius 2 is 2.00 bits per heavy atom. The Hall–Kier alpha value is -2.86. The minimum Gasteiger partial charge on any atom is -0.322 e. The Bertz CT molecular complexity index is 1090. The first-order chi connectivity index (χ1) is 12.5. The lowest BCUT2D eigenvalue weighted by molar-refractivity contribution is 0.414. The maximum atomic E-state index is 12.0. The summed E-state index contributed by atoms with van der Waals surface area (Å²) in [5, 5.41) is 11.2. The Morgan fingerprint density at radius 1 is 1.19 bits per heavy atom. The Morgan fingerprint density at radius 3 is 2.81 bits per heavy atom. The molecule has 0 amide bonds. The van der Waals surface area contributed by atoms with E-state index >= 15 is 0 Å². The van der Waals surface area contributed by atoms with Crippen LogP contribution in [0.15, 0.2) is 53.3 Å². The molecule has 0 radical (unpaired) electrons. The zero-order valence-electron chi connectivity index (χ0n) is 15.2. The number of aromatic nitrogens is 1. The molecule has 2 aromatic carbocycles. The predicted molar refractivity (Wildman–Crippen MR) is 104 cm³/mol. The van der Waals surface area contributed by atoms with E-state index in [1.165, 1.54) is 11.1 Å². The van der Waals surface area contributed by atoms with Crippen LogP contribution in [0.2, 0.25) is 0 Å². The van der Waals surface area contributed by atoms with Gasteiger partial charge in [-0.15, -0.1) is 0 Å². The van der Waals surface area contributed by atoms with Crippen molar-refractivity contribution >= 4 is 10.9 Å². The first-order valence-corrected chi connectivity index (χ1v) is 9.16. The molecule has 3 nitrogen and oxygen atoms in total. The predicted octanol–water partition coefficient (Wildman–Crippen LogP) is 4.74. The van der Waals surface area contributed by atoms with Gasteiger partial charge in [0.2, 0.25) is 0 Å². The van der Waals surface area contributed by atoms with E-state index in [-0.39, 0.29) is 11.5 Å². The number of nitriles is 1. The smallest absolute Gasteiger partial charge is 0.251 e. The molecule has 26 heavy (non-hydrogen) atoms. The van der Waals surface area contributed by atoms with Crippen LogP contribution in [-0.2, 0) is 11.8 Å². The van der Waals surface area contributed by atoms with Crippen molar-refractivity contribution in [3.05, 3.63) is 81.1 Å². The molecule has 1 N–H and O–H groups in total. The van der Waals surface area contributed by atoms with E-state index in [1.54, 1.807) is 0 Å². The highest BCUT2D eigenvalue weighted by atomic mass is 16.1. The van der Waals surface area contributed by atoms with Crippen LogP contribution < -0.4 is 5.56 Å². The fourth-order valence-electron chi connectivity index (χ4n) is 4.33. The summed E-state index contributed by atoms with van der Waals surface area (Å²) >= 11 is 0. The second-order valence-corrected chi connectivity index (χ2v) is 7.54. The van der Waals surface area contributed by atoms with Crippen molar-refractivity contribution in [1.82, 2.24) is 4.98 Å². The number of fused-ring (bicyclic) bond motifs is 2. The summed E-state index contributed by atoms with van der Waals surface area (Å²) in [6.45, 7) is 3.85. The molecule has 1 aromatic heterocycles. The van der Waals surface area contributed by atoms with Crippen molar-refractivity contribution in [2.75, 3.05) is 0 Å². The standard InChI is InChI=1S/C23H22N2O/c1-15-12-17-10-11-18(13-21(17)25-22(15)26)23(2,14-24)20-9-5-7-16-6-3-4-8-19(16)20/h3-4,6,8,10-13,20H,5,7,9H2,1-2H3,(H,25,26)/t20-,23-/m1/s1. The molecule has 0 spiro atoms. The summed E-state index contributed by atoms with van der Waals surface area (Å²) in [6.07, 6.45) is 3.19. The zero-order chi connectivity index (χ0) is 18.3. The first-order valence-electron chi connectivity index (χ1n) is 9.16. The number of aryl methyl sites for hydroxylation is 2. The van der Waals surface area contributed by atoms with Crippen molar-refractivity contribution in [1.29, 1.82) is 5.26 Å². The van der Waals surface area contributed by atoms with Crippen molar-refractivity contribution in [2.45, 2.75) is 44.4 Å². The van der Waals surface area contributed by atoms with Gasteiger partial charge in [-0.05, 0) is 67.3 Å². The molecular formula is C23H22N2O. The number of nitrogens with zero attached hydrogens (tertiary/aromatic N) is 1. The highest BCUT2D eigenvalue weighted by molar-refractivity contribution is 5.80. The number of H-pyrrole nitrogens is 1. The monoisotopic (exact) mass is 342 g/mol. The van der Waals surface area contributed by atoms with Crippen LogP contribution in [0, 0.1) is 18.3 Å². The van der Waals surface area contributed by atoms with Crippen LogP contribution in [0.4, 0.5) is 0 Å². The van der Waals surface area contributed by atoms with Gasteiger partial charge >= 0.3 is 0 Å². The lowest BCUT2D eigenvalue weighted by atomic mass is 9.65. The third kappa shape index (κ3) is 2.54. The van der Waals surface area contributed by atoms with Gasteiger partial charge in [-0.3, -0.25) is 4.79 Å². The molecule has 3 aromatic rings. The maximum Gasteiger partial charge on any atom is 0.251 e. The molecular weight excluding hydrogens is 320 g/mol. The van der Waals surface area contributed by atoms with Crippen LogP contribution in [0.25, 0.3) is 10.9 Å². The number of rotatable bonds is 2. The molecule has 0 saturated heterocycles. The highest BCUT2D eigenvalue weighted by Crippen LogP contribution is 2.45. The molecule has 0 fully saturated rings. The van der Waals surface area contributed by atoms with E-state index in [0.717, 1.165) is 35.7 Å². The largest absolute Gasteiger partial charge is 0.322 e. The molecule has 4 rings (SSSR count). The molecule has 0 bridgehead atoms. The Balaban J connectivity index is 1.87. The van der Waals surface area contributed by atoms with Gasteiger partial charge in [-0.1, -0.05) is 36.4 Å². The SMILES string of the molecule is Cc1cc2ccc([C@@](C)(C#N)[C@@H]3CCCc4ccccc43)cc2[nH]c1=O. The molecule has 0 saturated carbocycles. The van der Waals surface area contributed by atoms with E-state index in [9.17, 15) is 10.1 Å². The molecule has 1 heterocycles. The lowest BCUT2D eigenvalue weighted by Gasteiger charge is -2.36. The van der Waals surface area contributed by atoms with E-state index in [1.807, 2.05) is 38.1 Å². The second-order valence-electron chi connectivity index (χ2n) is 7.54. The van der Waals surface area contributed by atoms with E-state index in [4.69, 9.17) is 0 Å². The zero-order valence-corrected chi connectivity index (χ0v) is 15.2. The number of benzene rings is 2. The first kappa shape index (κ1) is 16.6. The summed E-state index contributed by atoms with van der Waals surface area (Å²) in [6, 6.07) is 19.0. The van der Waals surface area contributed by atoms with Crippen molar-refractivity contribution in [3.8, 4) is 6.07 Å². The van der Waals surface area contributed by atoms with Crippen LogP contribution in [0.1, 0.15) is 47.9 Å². The minimum absolute atomic E-state index is 0.0728. The maximum absolute atomic E-state index is 12.0. The molecule has 130 valence electrons. The van der Waals surface area contributed by atoms with Gasteiger partial charge in [-0.25, -0.2) is 0 Å². The summed E-state index contributed by atoms with van der Waals surface area (Å²) in [7, 11) is 0. The van der Waals surface area contributed by atoms with Crippen LogP contribution in [-0.4, -0.2) is 4.98 Å². The fraction of sp³-hybridized carbons (Fsp3) is 0.304. The topological polar surface area (TPSA) is 56.6 Å².